The van der Waals surface area contributed by atoms with Crippen molar-refractivity contribution in [2.45, 2.75) is 26.5 Å². The van der Waals surface area contributed by atoms with Crippen molar-refractivity contribution in [1.29, 1.82) is 0 Å². The number of halogens is 1. The molecule has 1 unspecified atom stereocenters. The van der Waals surface area contributed by atoms with E-state index in [1.54, 1.807) is 0 Å². The lowest BCUT2D eigenvalue weighted by Gasteiger charge is -2.35. The van der Waals surface area contributed by atoms with Gasteiger partial charge in [0.25, 0.3) is 0 Å². The molecule has 1 saturated heterocycles. The summed E-state index contributed by atoms with van der Waals surface area (Å²) in [7, 11) is 1.82. The van der Waals surface area contributed by atoms with Gasteiger partial charge >= 0.3 is 0 Å². The second kappa shape index (κ2) is 8.61. The lowest BCUT2D eigenvalue weighted by molar-refractivity contribution is 0.0683. The summed E-state index contributed by atoms with van der Waals surface area (Å²) in [5, 5.41) is 7.52. The van der Waals surface area contributed by atoms with Crippen molar-refractivity contribution in [2.75, 3.05) is 50.1 Å². The smallest absolute Gasteiger partial charge is 0.240 e. The fraction of sp³-hybridized carbons (Fsp3) is 0.625. The molecule has 0 bridgehead atoms. The molecule has 0 saturated carbocycles. The predicted molar refractivity (Wildman–Crippen MR) is 98.4 cm³/mol. The van der Waals surface area contributed by atoms with E-state index in [0.29, 0.717) is 30.0 Å². The monoisotopic (exact) mass is 381 g/mol. The second-order valence-electron chi connectivity index (χ2n) is 6.02. The quantitative estimate of drug-likeness (QED) is 0.722. The van der Waals surface area contributed by atoms with Gasteiger partial charge in [-0.2, -0.15) is 4.98 Å². The van der Waals surface area contributed by atoms with Gasteiger partial charge in [-0.3, -0.25) is 4.90 Å². The zero-order valence-corrected chi connectivity index (χ0v) is 16.0. The molecule has 0 amide bonds. The van der Waals surface area contributed by atoms with Crippen molar-refractivity contribution in [1.82, 2.24) is 25.0 Å². The fourth-order valence-corrected chi connectivity index (χ4v) is 3.16. The maximum Gasteiger partial charge on any atom is 0.240 e. The molecule has 1 aliphatic rings. The van der Waals surface area contributed by atoms with Crippen molar-refractivity contribution in [3.05, 3.63) is 23.2 Å². The van der Waals surface area contributed by atoms with E-state index < -0.39 is 0 Å². The molecule has 9 nitrogen and oxygen atoms in total. The topological polar surface area (TPSA) is 92.4 Å². The Kier molecular flexibility index (Phi) is 6.23. The summed E-state index contributed by atoms with van der Waals surface area (Å²) in [5.74, 6) is 2.04. The number of nitrogens with zero attached hydrogens (tertiary/aromatic N) is 6. The van der Waals surface area contributed by atoms with Crippen molar-refractivity contribution >= 4 is 23.1 Å². The van der Waals surface area contributed by atoms with Crippen LogP contribution in [0, 0.1) is 0 Å². The van der Waals surface area contributed by atoms with Gasteiger partial charge in [-0.1, -0.05) is 16.8 Å². The van der Waals surface area contributed by atoms with Gasteiger partial charge < -0.3 is 19.5 Å². The van der Waals surface area contributed by atoms with Gasteiger partial charge in [-0.05, 0) is 13.8 Å². The first kappa shape index (κ1) is 18.8. The van der Waals surface area contributed by atoms with Crippen LogP contribution in [0.5, 0.6) is 0 Å². The Bertz CT molecular complexity index is 718. The van der Waals surface area contributed by atoms with Crippen LogP contribution in [-0.4, -0.2) is 64.8 Å². The average molecular weight is 382 g/mol. The van der Waals surface area contributed by atoms with E-state index >= 15 is 0 Å². The number of anilines is 2. The van der Waals surface area contributed by atoms with Crippen LogP contribution in [0.25, 0.3) is 0 Å². The number of hydrogen-bond acceptors (Lipinski definition) is 9. The summed E-state index contributed by atoms with van der Waals surface area (Å²) in [5.41, 5.74) is 0.758. The van der Waals surface area contributed by atoms with Crippen molar-refractivity contribution in [2.24, 2.45) is 0 Å². The van der Waals surface area contributed by atoms with E-state index in [1.165, 1.54) is 6.33 Å². The van der Waals surface area contributed by atoms with Crippen LogP contribution in [0.3, 0.4) is 0 Å². The van der Waals surface area contributed by atoms with E-state index in [1.807, 2.05) is 20.9 Å². The lowest BCUT2D eigenvalue weighted by Crippen LogP contribution is -2.46. The van der Waals surface area contributed by atoms with Gasteiger partial charge in [0.05, 0.1) is 6.54 Å². The first-order chi connectivity index (χ1) is 12.6. The zero-order chi connectivity index (χ0) is 18.5. The first-order valence-corrected chi connectivity index (χ1v) is 9.09. The summed E-state index contributed by atoms with van der Waals surface area (Å²) in [6, 6.07) is 0. The van der Waals surface area contributed by atoms with Crippen molar-refractivity contribution in [3.8, 4) is 0 Å². The molecule has 1 atom stereocenters. The molecule has 26 heavy (non-hydrogen) atoms. The third-order valence-corrected chi connectivity index (χ3v) is 4.61. The van der Waals surface area contributed by atoms with Gasteiger partial charge in [0.15, 0.2) is 16.8 Å². The Morgan fingerprint density at radius 3 is 2.77 bits per heavy atom. The molecular weight excluding hydrogens is 358 g/mol. The van der Waals surface area contributed by atoms with E-state index in [4.69, 9.17) is 20.9 Å². The number of piperazine rings is 1. The summed E-state index contributed by atoms with van der Waals surface area (Å²) < 4.78 is 10.8. The highest BCUT2D eigenvalue weighted by atomic mass is 35.5. The van der Waals surface area contributed by atoms with Crippen LogP contribution in [0.1, 0.15) is 31.7 Å². The number of hydrogen-bond donors (Lipinski definition) is 1. The Morgan fingerprint density at radius 2 is 2.08 bits per heavy atom. The van der Waals surface area contributed by atoms with Gasteiger partial charge in [0.1, 0.15) is 18.1 Å². The second-order valence-corrected chi connectivity index (χ2v) is 6.38. The van der Waals surface area contributed by atoms with Gasteiger partial charge in [-0.15, -0.1) is 0 Å². The molecule has 1 fully saturated rings. The van der Waals surface area contributed by atoms with E-state index in [2.05, 4.69) is 35.2 Å². The number of rotatable bonds is 7. The number of ether oxygens (including phenoxy) is 1. The highest BCUT2D eigenvalue weighted by Gasteiger charge is 2.23. The molecule has 142 valence electrons. The molecule has 10 heteroatoms. The lowest BCUT2D eigenvalue weighted by atomic mass is 10.3. The van der Waals surface area contributed by atoms with E-state index in [-0.39, 0.29) is 6.10 Å². The molecule has 2 aromatic heterocycles. The summed E-state index contributed by atoms with van der Waals surface area (Å²) in [6.07, 6.45) is 1.33. The molecule has 2 aromatic rings. The van der Waals surface area contributed by atoms with Gasteiger partial charge in [-0.25, -0.2) is 9.97 Å². The molecule has 1 N–H and O–H groups in total. The SMILES string of the molecule is CCOC(C)c1noc(CN2CCN(c3ncnc(Cl)c3NC)CC2)n1. The van der Waals surface area contributed by atoms with Crippen molar-refractivity contribution < 1.29 is 9.26 Å². The minimum absolute atomic E-state index is 0.156. The molecule has 1 aliphatic heterocycles. The third kappa shape index (κ3) is 4.22. The summed E-state index contributed by atoms with van der Waals surface area (Å²) >= 11 is 6.15. The summed E-state index contributed by atoms with van der Waals surface area (Å²) in [6.45, 7) is 8.51. The molecule has 0 aromatic carbocycles. The van der Waals surface area contributed by atoms with Crippen LogP contribution < -0.4 is 10.2 Å². The maximum atomic E-state index is 6.15. The minimum atomic E-state index is -0.156. The highest BCUT2D eigenvalue weighted by molar-refractivity contribution is 6.32. The zero-order valence-electron chi connectivity index (χ0n) is 15.3. The molecule has 0 radical (unpaired) electrons. The number of aromatic nitrogens is 4. The van der Waals surface area contributed by atoms with Crippen molar-refractivity contribution in [3.63, 3.8) is 0 Å². The summed E-state index contributed by atoms with van der Waals surface area (Å²) in [4.78, 5) is 17.3. The van der Waals surface area contributed by atoms with Crippen LogP contribution >= 0.6 is 11.6 Å². The average Bonchev–Trinajstić information content (AvgIpc) is 3.11. The van der Waals surface area contributed by atoms with Gasteiger partial charge in [0, 0.05) is 39.8 Å². The molecule has 0 aliphatic carbocycles. The normalized spacial score (nSPS) is 16.7. The van der Waals surface area contributed by atoms with E-state index in [0.717, 1.165) is 37.7 Å². The molecular formula is C16H24ClN7O2. The molecule has 3 heterocycles. The van der Waals surface area contributed by atoms with Gasteiger partial charge in [0.2, 0.25) is 5.89 Å². The highest BCUT2D eigenvalue weighted by Crippen LogP contribution is 2.29. The predicted octanol–water partition coefficient (Wildman–Crippen LogP) is 1.97. The largest absolute Gasteiger partial charge is 0.383 e. The Morgan fingerprint density at radius 1 is 1.31 bits per heavy atom. The maximum absolute atomic E-state index is 6.15. The number of nitrogens with one attached hydrogen (secondary N) is 1. The van der Waals surface area contributed by atoms with E-state index in [9.17, 15) is 0 Å². The fourth-order valence-electron chi connectivity index (χ4n) is 2.94. The van der Waals surface area contributed by atoms with Crippen LogP contribution in [0.2, 0.25) is 5.15 Å². The Balaban J connectivity index is 1.57. The third-order valence-electron chi connectivity index (χ3n) is 4.33. The van der Waals surface area contributed by atoms with Crippen LogP contribution in [0.4, 0.5) is 11.5 Å². The Labute approximate surface area is 157 Å². The Hall–Kier alpha value is -1.97. The first-order valence-electron chi connectivity index (χ1n) is 8.72. The standard InChI is InChI=1S/C16H24ClN7O2/c1-4-25-11(2)15-21-12(26-22-15)9-23-5-7-24(8-6-23)16-13(18-3)14(17)19-10-20-16/h10-11,18H,4-9H2,1-3H3. The molecule has 3 rings (SSSR count). The van der Waals surface area contributed by atoms with Crippen LogP contribution in [-0.2, 0) is 11.3 Å². The van der Waals surface area contributed by atoms with Crippen LogP contribution in [0.15, 0.2) is 10.9 Å². The minimum Gasteiger partial charge on any atom is -0.383 e. The molecule has 0 spiro atoms.